The average molecular weight is 808 g/mol. The summed E-state index contributed by atoms with van der Waals surface area (Å²) in [4.78, 5) is 68.9. The van der Waals surface area contributed by atoms with E-state index in [9.17, 15) is 44.4 Å². The molecule has 2 bridgehead atoms. The number of carbonyl (C=O) groups excluding carboxylic acids is 5. The molecule has 2 aromatic rings. The Kier molecular flexibility index (Phi) is 11.2. The first-order chi connectivity index (χ1) is 27.0. The lowest BCUT2D eigenvalue weighted by molar-refractivity contribution is -0.346. The van der Waals surface area contributed by atoms with Gasteiger partial charge in [0.05, 0.1) is 35.6 Å². The van der Waals surface area contributed by atoms with Gasteiger partial charge < -0.3 is 49.4 Å². The van der Waals surface area contributed by atoms with Crippen LogP contribution in [0.25, 0.3) is 0 Å². The number of ketones is 1. The highest BCUT2D eigenvalue weighted by atomic mass is 16.6. The van der Waals surface area contributed by atoms with Gasteiger partial charge in [-0.15, -0.1) is 0 Å². The first kappa shape index (κ1) is 42.9. The lowest BCUT2D eigenvalue weighted by Gasteiger charge is -2.67. The van der Waals surface area contributed by atoms with Crippen molar-refractivity contribution in [2.45, 2.75) is 128 Å². The van der Waals surface area contributed by atoms with Crippen molar-refractivity contribution in [1.82, 2.24) is 5.32 Å². The van der Waals surface area contributed by atoms with Crippen molar-refractivity contribution in [3.05, 3.63) is 82.9 Å². The van der Waals surface area contributed by atoms with Gasteiger partial charge in [-0.3, -0.25) is 9.59 Å². The molecule has 15 heteroatoms. The number of alkyl carbamates (subject to hydrolysis) is 1. The summed E-state index contributed by atoms with van der Waals surface area (Å²) >= 11 is 0. The Morgan fingerprint density at radius 2 is 1.55 bits per heavy atom. The van der Waals surface area contributed by atoms with Crippen LogP contribution in [-0.2, 0) is 38.1 Å². The summed E-state index contributed by atoms with van der Waals surface area (Å²) in [5.41, 5.74) is -8.14. The predicted octanol–water partition coefficient (Wildman–Crippen LogP) is 3.26. The molecule has 58 heavy (non-hydrogen) atoms. The van der Waals surface area contributed by atoms with Gasteiger partial charge in [0.15, 0.2) is 17.5 Å². The molecule has 15 nitrogen and oxygen atoms in total. The number of fused-ring (bicyclic) bond motifs is 5. The largest absolute Gasteiger partial charge is 0.456 e. The molecule has 314 valence electrons. The predicted molar refractivity (Wildman–Crippen MR) is 204 cm³/mol. The molecule has 1 amide bonds. The Morgan fingerprint density at radius 1 is 0.948 bits per heavy atom. The van der Waals surface area contributed by atoms with Gasteiger partial charge in [-0.1, -0.05) is 62.4 Å². The highest BCUT2D eigenvalue weighted by molar-refractivity contribution is 5.94. The molecule has 3 aliphatic carbocycles. The Labute approximate surface area is 336 Å². The molecule has 6 rings (SSSR count). The van der Waals surface area contributed by atoms with Crippen molar-refractivity contribution in [3.63, 3.8) is 0 Å². The minimum Gasteiger partial charge on any atom is -0.456 e. The third-order valence-electron chi connectivity index (χ3n) is 12.6. The van der Waals surface area contributed by atoms with E-state index in [1.165, 1.54) is 26.0 Å². The van der Waals surface area contributed by atoms with E-state index < -0.39 is 112 Å². The molecule has 5 N–H and O–H groups in total. The fourth-order valence-corrected chi connectivity index (χ4v) is 9.56. The van der Waals surface area contributed by atoms with Gasteiger partial charge >= 0.3 is 24.0 Å². The van der Waals surface area contributed by atoms with Gasteiger partial charge in [0.1, 0.15) is 35.6 Å². The number of benzene rings is 2. The molecule has 1 aliphatic heterocycles. The molecule has 0 aromatic heterocycles. The number of carbonyl (C=O) groups is 5. The third kappa shape index (κ3) is 7.10. The topological polar surface area (TPSA) is 224 Å². The molecule has 2 saturated carbocycles. The van der Waals surface area contributed by atoms with Gasteiger partial charge in [-0.05, 0) is 63.5 Å². The van der Waals surface area contributed by atoms with Crippen LogP contribution in [0.3, 0.4) is 0 Å². The summed E-state index contributed by atoms with van der Waals surface area (Å²) in [5.74, 6) is -5.36. The van der Waals surface area contributed by atoms with E-state index in [1.54, 1.807) is 83.1 Å². The van der Waals surface area contributed by atoms with E-state index in [-0.39, 0.29) is 29.7 Å². The molecular weight excluding hydrogens is 754 g/mol. The van der Waals surface area contributed by atoms with Crippen molar-refractivity contribution < 1.29 is 68.1 Å². The number of aliphatic hydroxyl groups excluding tert-OH is 3. The highest BCUT2D eigenvalue weighted by Gasteiger charge is 2.78. The summed E-state index contributed by atoms with van der Waals surface area (Å²) in [7, 11) is 0. The van der Waals surface area contributed by atoms with E-state index >= 15 is 0 Å². The normalized spacial score (nSPS) is 33.7. The highest BCUT2D eigenvalue weighted by Crippen LogP contribution is 2.64. The summed E-state index contributed by atoms with van der Waals surface area (Å²) in [6.45, 7) is 11.8. The van der Waals surface area contributed by atoms with Crippen LogP contribution in [0.4, 0.5) is 4.79 Å². The van der Waals surface area contributed by atoms with E-state index in [4.69, 9.17) is 23.7 Å². The van der Waals surface area contributed by atoms with Crippen LogP contribution in [-0.4, -0.2) is 110 Å². The zero-order valence-corrected chi connectivity index (χ0v) is 33.9. The number of esters is 3. The first-order valence-electron chi connectivity index (χ1n) is 19.3. The van der Waals surface area contributed by atoms with E-state index in [2.05, 4.69) is 5.32 Å². The van der Waals surface area contributed by atoms with Crippen molar-refractivity contribution >= 4 is 29.8 Å². The quantitative estimate of drug-likeness (QED) is 0.147. The van der Waals surface area contributed by atoms with Crippen LogP contribution in [0.15, 0.2) is 71.8 Å². The minimum atomic E-state index is -2.35. The summed E-state index contributed by atoms with van der Waals surface area (Å²) < 4.78 is 29.5. The van der Waals surface area contributed by atoms with E-state index in [0.29, 0.717) is 5.56 Å². The lowest BCUT2D eigenvalue weighted by atomic mass is 9.44. The average Bonchev–Trinajstić information content (AvgIpc) is 3.14. The molecule has 2 aromatic carbocycles. The fraction of sp³-hybridized carbons (Fsp3) is 0.558. The standard InChI is InChI=1S/C43H53NO14/c1-22-26(55-37(51)32(48)30(24-15-11-9-12-16-24)44-38(52)58-39(3,4)5)20-43(53)35(56-36(50)25-17-13-10-14-18-25)33-41(8,34(49)31(47)29(22)40(43,6)7)27(46)19-28-42(33,21-54-28)57-23(2)45/h9-18,26-28,30-33,35,46-48,53H,19-21H2,1-8H3,(H,44,52)/t26-,27-,28?,30-,31+,32+,33-,35-,41+,42-,43+/m0/s1. The minimum absolute atomic E-state index is 0.0637. The summed E-state index contributed by atoms with van der Waals surface area (Å²) in [5, 5.41) is 51.6. The zero-order chi connectivity index (χ0) is 42.7. The van der Waals surface area contributed by atoms with Crippen molar-refractivity contribution in [2.24, 2.45) is 16.7 Å². The maximum Gasteiger partial charge on any atom is 0.408 e. The van der Waals surface area contributed by atoms with Gasteiger partial charge in [0, 0.05) is 25.2 Å². The number of hydrogen-bond donors (Lipinski definition) is 5. The maximum atomic E-state index is 14.9. The number of ether oxygens (including phenoxy) is 5. The number of Topliss-reactive ketones (excluding diaryl/α,β-unsaturated/α-hetero) is 1. The second-order valence-electron chi connectivity index (χ2n) is 17.6. The molecule has 1 unspecified atom stereocenters. The molecule has 0 radical (unpaired) electrons. The number of rotatable bonds is 8. The van der Waals surface area contributed by atoms with Crippen LogP contribution in [0.5, 0.6) is 0 Å². The number of nitrogens with one attached hydrogen (secondary N) is 1. The molecular formula is C43H53NO14. The van der Waals surface area contributed by atoms with E-state index in [1.807, 2.05) is 0 Å². The van der Waals surface area contributed by atoms with Gasteiger partial charge in [-0.25, -0.2) is 14.4 Å². The second-order valence-corrected chi connectivity index (χ2v) is 17.6. The van der Waals surface area contributed by atoms with Crippen LogP contribution in [0.1, 0.15) is 90.2 Å². The Bertz CT molecular complexity index is 1980. The van der Waals surface area contributed by atoms with Crippen LogP contribution >= 0.6 is 0 Å². The molecule has 3 fully saturated rings. The van der Waals surface area contributed by atoms with Gasteiger partial charge in [0.2, 0.25) is 0 Å². The first-order valence-corrected chi connectivity index (χ1v) is 19.3. The van der Waals surface area contributed by atoms with Crippen LogP contribution < -0.4 is 5.32 Å². The van der Waals surface area contributed by atoms with Crippen LogP contribution in [0, 0.1) is 16.7 Å². The smallest absolute Gasteiger partial charge is 0.408 e. The Morgan fingerprint density at radius 3 is 2.10 bits per heavy atom. The Balaban J connectivity index is 1.49. The van der Waals surface area contributed by atoms with Gasteiger partial charge in [-0.2, -0.15) is 0 Å². The second kappa shape index (κ2) is 15.2. The third-order valence-corrected chi connectivity index (χ3v) is 12.6. The molecule has 11 atom stereocenters. The molecule has 0 spiro atoms. The van der Waals surface area contributed by atoms with Crippen molar-refractivity contribution in [2.75, 3.05) is 6.61 Å². The monoisotopic (exact) mass is 807 g/mol. The number of amides is 1. The number of hydrogen-bond acceptors (Lipinski definition) is 14. The number of aliphatic hydroxyl groups is 4. The maximum absolute atomic E-state index is 14.9. The zero-order valence-electron chi connectivity index (χ0n) is 33.9. The van der Waals surface area contributed by atoms with Crippen molar-refractivity contribution in [3.8, 4) is 0 Å². The summed E-state index contributed by atoms with van der Waals surface area (Å²) in [6.07, 6.45) is -11.5. The van der Waals surface area contributed by atoms with Gasteiger partial charge in [0.25, 0.3) is 0 Å². The molecule has 1 saturated heterocycles. The Hall–Kier alpha value is -4.67. The SMILES string of the molecule is CC(=O)O[C@@]12COC1C[C@H](O)[C@@]1(C)C(=O)[C@H](O)C3=C(C)[C@@H](OC(=O)[C@H](O)[C@@H](NC(=O)OC(C)(C)C)c4ccccc4)C[C@@](O)([C@@H](OC(=O)c4ccccc4)[C@@H]12)C3(C)C. The molecule has 4 aliphatic rings. The molecule has 1 heterocycles. The fourth-order valence-electron chi connectivity index (χ4n) is 9.56. The van der Waals surface area contributed by atoms with E-state index in [0.717, 1.165) is 6.92 Å². The summed E-state index contributed by atoms with van der Waals surface area (Å²) in [6, 6.07) is 14.6. The lowest BCUT2D eigenvalue weighted by Crippen LogP contribution is -2.81. The van der Waals surface area contributed by atoms with Crippen LogP contribution in [0.2, 0.25) is 0 Å². The van der Waals surface area contributed by atoms with Crippen molar-refractivity contribution in [1.29, 1.82) is 0 Å².